The lowest BCUT2D eigenvalue weighted by atomic mass is 9.98. The van der Waals surface area contributed by atoms with E-state index < -0.39 is 0 Å². The fraction of sp³-hybridized carbons (Fsp3) is 0.333. The van der Waals surface area contributed by atoms with Crippen LogP contribution in [0.5, 0.6) is 0 Å². The first kappa shape index (κ1) is 16.0. The van der Waals surface area contributed by atoms with Crippen LogP contribution in [0.15, 0.2) is 48.5 Å². The van der Waals surface area contributed by atoms with Gasteiger partial charge in [0.15, 0.2) is 5.82 Å². The van der Waals surface area contributed by atoms with Gasteiger partial charge >= 0.3 is 0 Å². The van der Waals surface area contributed by atoms with Crippen LogP contribution in [0, 0.1) is 12.8 Å². The third kappa shape index (κ3) is 3.22. The van der Waals surface area contributed by atoms with Crippen molar-refractivity contribution in [2.24, 2.45) is 5.92 Å². The summed E-state index contributed by atoms with van der Waals surface area (Å²) >= 11 is 0. The molecule has 0 bridgehead atoms. The fourth-order valence-corrected chi connectivity index (χ4v) is 3.76. The molecule has 4 heteroatoms. The first-order valence-corrected chi connectivity index (χ1v) is 8.90. The summed E-state index contributed by atoms with van der Waals surface area (Å²) in [6.07, 6.45) is 2.24. The molecule has 0 aliphatic carbocycles. The van der Waals surface area contributed by atoms with Gasteiger partial charge in [-0.2, -0.15) is 5.10 Å². The summed E-state index contributed by atoms with van der Waals surface area (Å²) in [4.78, 5) is 2.38. The molecule has 3 aromatic rings. The van der Waals surface area contributed by atoms with Gasteiger partial charge in [0.1, 0.15) is 0 Å². The molecule has 1 fully saturated rings. The van der Waals surface area contributed by atoms with Gasteiger partial charge < -0.3 is 10.0 Å². The van der Waals surface area contributed by atoms with Gasteiger partial charge in [0.2, 0.25) is 0 Å². The summed E-state index contributed by atoms with van der Waals surface area (Å²) < 4.78 is 0. The van der Waals surface area contributed by atoms with Crippen molar-refractivity contribution < 1.29 is 5.11 Å². The summed E-state index contributed by atoms with van der Waals surface area (Å²) in [5, 5.41) is 20.4. The molecule has 128 valence electrons. The Morgan fingerprint density at radius 1 is 1.00 bits per heavy atom. The van der Waals surface area contributed by atoms with Gasteiger partial charge in [-0.15, -0.1) is 5.10 Å². The van der Waals surface area contributed by atoms with E-state index in [1.807, 2.05) is 19.1 Å². The second-order valence-corrected chi connectivity index (χ2v) is 6.93. The van der Waals surface area contributed by atoms with Crippen molar-refractivity contribution in [3.63, 3.8) is 0 Å². The molecule has 0 radical (unpaired) electrons. The molecule has 0 unspecified atom stereocenters. The average molecular weight is 333 g/mol. The number of nitrogens with zero attached hydrogens (tertiary/aromatic N) is 3. The van der Waals surface area contributed by atoms with Gasteiger partial charge in [0.05, 0.1) is 12.3 Å². The molecule has 1 saturated heterocycles. The Morgan fingerprint density at radius 2 is 1.72 bits per heavy atom. The molecule has 1 aliphatic heterocycles. The minimum atomic E-state index is 0.108. The molecule has 4 rings (SSSR count). The molecule has 1 N–H and O–H groups in total. The van der Waals surface area contributed by atoms with Crippen molar-refractivity contribution in [2.75, 3.05) is 18.0 Å². The van der Waals surface area contributed by atoms with Crippen LogP contribution >= 0.6 is 0 Å². The lowest BCUT2D eigenvalue weighted by Gasteiger charge is -2.19. The van der Waals surface area contributed by atoms with E-state index in [2.05, 4.69) is 51.5 Å². The molecule has 2 heterocycles. The number of aliphatic hydroxyl groups excluding tert-OH is 1. The Bertz CT molecular complexity index is 876. The lowest BCUT2D eigenvalue weighted by molar-refractivity contribution is 0.282. The van der Waals surface area contributed by atoms with Crippen molar-refractivity contribution in [1.82, 2.24) is 10.2 Å². The zero-order chi connectivity index (χ0) is 17.2. The van der Waals surface area contributed by atoms with Crippen LogP contribution in [0.2, 0.25) is 0 Å². The van der Waals surface area contributed by atoms with Crippen LogP contribution in [0.1, 0.15) is 23.2 Å². The lowest BCUT2D eigenvalue weighted by Crippen LogP contribution is -2.22. The van der Waals surface area contributed by atoms with Crippen LogP contribution in [0.3, 0.4) is 0 Å². The van der Waals surface area contributed by atoms with Crippen molar-refractivity contribution in [3.8, 4) is 0 Å². The smallest absolute Gasteiger partial charge is 0.159 e. The van der Waals surface area contributed by atoms with Crippen LogP contribution in [0.4, 0.5) is 5.82 Å². The molecule has 1 aromatic heterocycles. The Balaban J connectivity index is 1.51. The summed E-state index contributed by atoms with van der Waals surface area (Å²) in [6.45, 7) is 4.17. The van der Waals surface area contributed by atoms with E-state index >= 15 is 0 Å². The van der Waals surface area contributed by atoms with Gasteiger partial charge in [-0.3, -0.25) is 0 Å². The van der Waals surface area contributed by atoms with Gasteiger partial charge in [0, 0.05) is 23.9 Å². The van der Waals surface area contributed by atoms with Crippen LogP contribution in [-0.4, -0.2) is 28.4 Å². The molecule has 25 heavy (non-hydrogen) atoms. The van der Waals surface area contributed by atoms with Gasteiger partial charge in [-0.05, 0) is 36.8 Å². The molecule has 2 aromatic carbocycles. The quantitative estimate of drug-likeness (QED) is 0.794. The van der Waals surface area contributed by atoms with Crippen LogP contribution in [0.25, 0.3) is 10.8 Å². The second-order valence-electron chi connectivity index (χ2n) is 6.93. The first-order chi connectivity index (χ1) is 12.2. The van der Waals surface area contributed by atoms with E-state index in [1.54, 1.807) is 0 Å². The topological polar surface area (TPSA) is 49.2 Å². The number of fused-ring (bicyclic) bond motifs is 1. The highest BCUT2D eigenvalue weighted by Gasteiger charge is 2.25. The SMILES string of the molecule is Cc1nnc(N2CC[C@H](Cc3ccc(CO)cc3)C2)c2ccccc12. The average Bonchev–Trinajstić information content (AvgIpc) is 3.11. The number of aryl methyl sites for hydroxylation is 1. The number of hydrogen-bond acceptors (Lipinski definition) is 4. The maximum absolute atomic E-state index is 9.16. The Hall–Kier alpha value is -2.46. The molecule has 0 saturated carbocycles. The predicted molar refractivity (Wildman–Crippen MR) is 101 cm³/mol. The first-order valence-electron chi connectivity index (χ1n) is 8.90. The molecular formula is C21H23N3O. The second kappa shape index (κ2) is 6.81. The molecule has 1 aliphatic rings. The van der Waals surface area contributed by atoms with Gasteiger partial charge in [-0.1, -0.05) is 48.5 Å². The van der Waals surface area contributed by atoms with Crippen molar-refractivity contribution in [1.29, 1.82) is 0 Å². The maximum atomic E-state index is 9.16. The third-order valence-electron chi connectivity index (χ3n) is 5.17. The van der Waals surface area contributed by atoms with Crippen LogP contribution in [-0.2, 0) is 13.0 Å². The summed E-state index contributed by atoms with van der Waals surface area (Å²) in [7, 11) is 0. The number of rotatable bonds is 4. The normalized spacial score (nSPS) is 17.4. The Kier molecular flexibility index (Phi) is 4.36. The standard InChI is InChI=1S/C21H23N3O/c1-15-19-4-2-3-5-20(19)21(23-22-15)24-11-10-18(13-24)12-16-6-8-17(14-25)9-7-16/h2-9,18,25H,10-14H2,1H3/t18-/m1/s1. The summed E-state index contributed by atoms with van der Waals surface area (Å²) in [5.74, 6) is 1.64. The van der Waals surface area contributed by atoms with Crippen molar-refractivity contribution >= 4 is 16.6 Å². The monoisotopic (exact) mass is 333 g/mol. The molecule has 1 atom stereocenters. The van der Waals surface area contributed by atoms with E-state index in [0.29, 0.717) is 5.92 Å². The molecule has 4 nitrogen and oxygen atoms in total. The number of benzene rings is 2. The Labute approximate surface area is 148 Å². The van der Waals surface area contributed by atoms with E-state index in [-0.39, 0.29) is 6.61 Å². The summed E-state index contributed by atoms with van der Waals surface area (Å²) in [5.41, 5.74) is 3.29. The minimum absolute atomic E-state index is 0.108. The van der Waals surface area contributed by atoms with E-state index in [9.17, 15) is 0 Å². The number of aliphatic hydroxyl groups is 1. The number of hydrogen-bond donors (Lipinski definition) is 1. The largest absolute Gasteiger partial charge is 0.392 e. The summed E-state index contributed by atoms with van der Waals surface area (Å²) in [6, 6.07) is 16.7. The van der Waals surface area contributed by atoms with E-state index in [4.69, 9.17) is 5.11 Å². The molecule has 0 spiro atoms. The zero-order valence-corrected chi connectivity index (χ0v) is 14.5. The highest BCUT2D eigenvalue weighted by atomic mass is 16.3. The van der Waals surface area contributed by atoms with E-state index in [0.717, 1.165) is 36.6 Å². The number of aromatic nitrogens is 2. The van der Waals surface area contributed by atoms with Crippen molar-refractivity contribution in [2.45, 2.75) is 26.4 Å². The highest BCUT2D eigenvalue weighted by Crippen LogP contribution is 2.30. The van der Waals surface area contributed by atoms with Gasteiger partial charge in [-0.25, -0.2) is 0 Å². The zero-order valence-electron chi connectivity index (χ0n) is 14.5. The number of anilines is 1. The fourth-order valence-electron chi connectivity index (χ4n) is 3.76. The maximum Gasteiger partial charge on any atom is 0.159 e. The van der Waals surface area contributed by atoms with Crippen LogP contribution < -0.4 is 4.90 Å². The van der Waals surface area contributed by atoms with Crippen molar-refractivity contribution in [3.05, 3.63) is 65.4 Å². The molecule has 0 amide bonds. The third-order valence-corrected chi connectivity index (χ3v) is 5.17. The van der Waals surface area contributed by atoms with Gasteiger partial charge in [0.25, 0.3) is 0 Å². The molecular weight excluding hydrogens is 310 g/mol. The Morgan fingerprint density at radius 3 is 2.48 bits per heavy atom. The highest BCUT2D eigenvalue weighted by molar-refractivity contribution is 5.93. The predicted octanol–water partition coefficient (Wildman–Crippen LogP) is 3.50. The minimum Gasteiger partial charge on any atom is -0.392 e. The van der Waals surface area contributed by atoms with E-state index in [1.165, 1.54) is 22.8 Å².